The molecule has 0 aromatic rings. The van der Waals surface area contributed by atoms with Gasteiger partial charge in [0.2, 0.25) is 5.91 Å². The predicted molar refractivity (Wildman–Crippen MR) is 84.7 cm³/mol. The third-order valence-electron chi connectivity index (χ3n) is 3.78. The summed E-state index contributed by atoms with van der Waals surface area (Å²) < 4.78 is 5.44. The van der Waals surface area contributed by atoms with E-state index in [-0.39, 0.29) is 17.4 Å². The van der Waals surface area contributed by atoms with Crippen molar-refractivity contribution in [1.82, 2.24) is 10.2 Å². The standard InChI is InChI=1S/C14H27N3O2S/c1-4-6-16-12(18)11-10-19-9-8-17(11)7-5-14(2,3)13(15)20/h11H,4-10H2,1-3H3,(H2,15,20)(H,16,18). The number of thiocarbonyl (C=S) groups is 1. The molecule has 6 heteroatoms. The SMILES string of the molecule is CCCNC(=O)C1COCCN1CCC(C)(C)C(N)=S. The normalized spacial score (nSPS) is 20.6. The molecule has 0 radical (unpaired) electrons. The highest BCUT2D eigenvalue weighted by atomic mass is 32.1. The Kier molecular flexibility index (Phi) is 6.85. The summed E-state index contributed by atoms with van der Waals surface area (Å²) in [5, 5.41) is 2.94. The van der Waals surface area contributed by atoms with Gasteiger partial charge in [0, 0.05) is 25.0 Å². The van der Waals surface area contributed by atoms with Gasteiger partial charge in [-0.25, -0.2) is 0 Å². The van der Waals surface area contributed by atoms with Crippen LogP contribution in [0.2, 0.25) is 0 Å². The monoisotopic (exact) mass is 301 g/mol. The van der Waals surface area contributed by atoms with E-state index in [4.69, 9.17) is 22.7 Å². The van der Waals surface area contributed by atoms with Crippen molar-refractivity contribution in [1.29, 1.82) is 0 Å². The first kappa shape index (κ1) is 17.3. The van der Waals surface area contributed by atoms with E-state index in [0.29, 0.717) is 24.7 Å². The molecule has 0 saturated carbocycles. The minimum absolute atomic E-state index is 0.0553. The summed E-state index contributed by atoms with van der Waals surface area (Å²) in [4.78, 5) is 14.8. The topological polar surface area (TPSA) is 67.6 Å². The lowest BCUT2D eigenvalue weighted by atomic mass is 9.89. The second-order valence-corrected chi connectivity index (χ2v) is 6.36. The van der Waals surface area contributed by atoms with Crippen molar-refractivity contribution < 1.29 is 9.53 Å². The van der Waals surface area contributed by atoms with Gasteiger partial charge in [0.15, 0.2) is 0 Å². The Morgan fingerprint density at radius 1 is 1.55 bits per heavy atom. The van der Waals surface area contributed by atoms with E-state index < -0.39 is 0 Å². The molecule has 0 spiro atoms. The zero-order valence-electron chi connectivity index (χ0n) is 12.8. The van der Waals surface area contributed by atoms with Crippen LogP contribution in [0.5, 0.6) is 0 Å². The maximum atomic E-state index is 12.1. The summed E-state index contributed by atoms with van der Waals surface area (Å²) in [7, 11) is 0. The van der Waals surface area contributed by atoms with E-state index in [1.807, 2.05) is 20.8 Å². The number of amides is 1. The average molecular weight is 301 g/mol. The zero-order valence-corrected chi connectivity index (χ0v) is 13.6. The van der Waals surface area contributed by atoms with Gasteiger partial charge in [0.1, 0.15) is 6.04 Å². The van der Waals surface area contributed by atoms with Crippen LogP contribution in [0.4, 0.5) is 0 Å². The van der Waals surface area contributed by atoms with Crippen LogP contribution in [0.3, 0.4) is 0 Å². The lowest BCUT2D eigenvalue weighted by Crippen LogP contribution is -2.54. The maximum absolute atomic E-state index is 12.1. The summed E-state index contributed by atoms with van der Waals surface area (Å²) in [5.41, 5.74) is 5.57. The molecule has 0 aromatic carbocycles. The van der Waals surface area contributed by atoms with E-state index in [1.54, 1.807) is 0 Å². The number of rotatable bonds is 7. The molecule has 0 aliphatic carbocycles. The fourth-order valence-corrected chi connectivity index (χ4v) is 2.16. The molecule has 3 N–H and O–H groups in total. The Hall–Kier alpha value is -0.720. The molecule has 1 heterocycles. The van der Waals surface area contributed by atoms with Gasteiger partial charge in [-0.15, -0.1) is 0 Å². The molecule has 1 saturated heterocycles. The summed E-state index contributed by atoms with van der Waals surface area (Å²) in [5.74, 6) is 0.0553. The highest BCUT2D eigenvalue weighted by Crippen LogP contribution is 2.22. The van der Waals surface area contributed by atoms with Crippen molar-refractivity contribution in [2.75, 3.05) is 32.8 Å². The smallest absolute Gasteiger partial charge is 0.239 e. The first-order chi connectivity index (χ1) is 9.38. The summed E-state index contributed by atoms with van der Waals surface area (Å²) in [6, 6.07) is -0.197. The van der Waals surface area contributed by atoms with Crippen molar-refractivity contribution >= 4 is 23.1 Å². The molecule has 1 atom stereocenters. The number of hydrogen-bond acceptors (Lipinski definition) is 4. The summed E-state index contributed by atoms with van der Waals surface area (Å²) in [6.45, 7) is 9.55. The van der Waals surface area contributed by atoms with E-state index in [9.17, 15) is 4.79 Å². The number of nitrogens with one attached hydrogen (secondary N) is 1. The quantitative estimate of drug-likeness (QED) is 0.684. The molecule has 0 aromatic heterocycles. The molecule has 1 rings (SSSR count). The van der Waals surface area contributed by atoms with Crippen LogP contribution in [0.15, 0.2) is 0 Å². The van der Waals surface area contributed by atoms with Gasteiger partial charge in [-0.05, 0) is 12.8 Å². The van der Waals surface area contributed by atoms with Crippen LogP contribution in [0.25, 0.3) is 0 Å². The predicted octanol–water partition coefficient (Wildman–Crippen LogP) is 0.916. The fraction of sp³-hybridized carbons (Fsp3) is 0.857. The van der Waals surface area contributed by atoms with E-state index in [2.05, 4.69) is 10.2 Å². The Bertz CT molecular complexity index is 347. The molecule has 0 bridgehead atoms. The van der Waals surface area contributed by atoms with Gasteiger partial charge < -0.3 is 15.8 Å². The van der Waals surface area contributed by atoms with Gasteiger partial charge in [0.05, 0.1) is 18.2 Å². The Balaban J connectivity index is 2.56. The van der Waals surface area contributed by atoms with Crippen molar-refractivity contribution in [3.05, 3.63) is 0 Å². The second kappa shape index (κ2) is 7.90. The van der Waals surface area contributed by atoms with Crippen molar-refractivity contribution in [3.63, 3.8) is 0 Å². The van der Waals surface area contributed by atoms with Crippen molar-refractivity contribution in [2.45, 2.75) is 39.7 Å². The number of nitrogens with zero attached hydrogens (tertiary/aromatic N) is 1. The van der Waals surface area contributed by atoms with E-state index >= 15 is 0 Å². The number of morpholine rings is 1. The lowest BCUT2D eigenvalue weighted by molar-refractivity contribution is -0.132. The van der Waals surface area contributed by atoms with Crippen LogP contribution in [0, 0.1) is 5.41 Å². The fourth-order valence-electron chi connectivity index (χ4n) is 2.06. The minimum atomic E-state index is -0.197. The summed E-state index contributed by atoms with van der Waals surface area (Å²) >= 11 is 5.09. The number of ether oxygens (including phenoxy) is 1. The molecule has 116 valence electrons. The van der Waals surface area contributed by atoms with Gasteiger partial charge in [-0.3, -0.25) is 9.69 Å². The largest absolute Gasteiger partial charge is 0.393 e. The number of carbonyl (C=O) groups excluding carboxylic acids is 1. The first-order valence-electron chi connectivity index (χ1n) is 7.28. The highest BCUT2D eigenvalue weighted by Gasteiger charge is 2.31. The second-order valence-electron chi connectivity index (χ2n) is 5.92. The Morgan fingerprint density at radius 2 is 2.25 bits per heavy atom. The van der Waals surface area contributed by atoms with Gasteiger partial charge >= 0.3 is 0 Å². The molecule has 1 aliphatic rings. The van der Waals surface area contributed by atoms with Gasteiger partial charge in [0.25, 0.3) is 0 Å². The third kappa shape index (κ3) is 5.00. The van der Waals surface area contributed by atoms with Crippen LogP contribution in [-0.2, 0) is 9.53 Å². The van der Waals surface area contributed by atoms with Crippen molar-refractivity contribution in [3.8, 4) is 0 Å². The molecular weight excluding hydrogens is 274 g/mol. The van der Waals surface area contributed by atoms with Crippen LogP contribution >= 0.6 is 12.2 Å². The number of hydrogen-bond donors (Lipinski definition) is 2. The molecule has 20 heavy (non-hydrogen) atoms. The highest BCUT2D eigenvalue weighted by molar-refractivity contribution is 7.80. The average Bonchev–Trinajstić information content (AvgIpc) is 2.42. The molecular formula is C14H27N3O2S. The molecule has 5 nitrogen and oxygen atoms in total. The lowest BCUT2D eigenvalue weighted by Gasteiger charge is -2.36. The third-order valence-corrected chi connectivity index (χ3v) is 4.33. The van der Waals surface area contributed by atoms with Gasteiger partial charge in [-0.2, -0.15) is 0 Å². The molecule has 1 aliphatic heterocycles. The zero-order chi connectivity index (χ0) is 15.2. The molecule has 1 unspecified atom stereocenters. The minimum Gasteiger partial charge on any atom is -0.393 e. The number of nitrogens with two attached hydrogens (primary N) is 1. The molecule has 1 fully saturated rings. The Morgan fingerprint density at radius 3 is 2.85 bits per heavy atom. The van der Waals surface area contributed by atoms with E-state index in [1.165, 1.54) is 0 Å². The van der Waals surface area contributed by atoms with Crippen LogP contribution in [-0.4, -0.2) is 54.7 Å². The van der Waals surface area contributed by atoms with Crippen molar-refractivity contribution in [2.24, 2.45) is 11.1 Å². The van der Waals surface area contributed by atoms with Crippen LogP contribution in [0.1, 0.15) is 33.6 Å². The van der Waals surface area contributed by atoms with Gasteiger partial charge in [-0.1, -0.05) is 33.0 Å². The summed E-state index contributed by atoms with van der Waals surface area (Å²) in [6.07, 6.45) is 1.79. The van der Waals surface area contributed by atoms with E-state index in [0.717, 1.165) is 25.9 Å². The molecule has 1 amide bonds. The van der Waals surface area contributed by atoms with Crippen LogP contribution < -0.4 is 11.1 Å². The number of carbonyl (C=O) groups is 1. The Labute approximate surface area is 127 Å². The maximum Gasteiger partial charge on any atom is 0.239 e. The first-order valence-corrected chi connectivity index (χ1v) is 7.68.